The third-order valence-corrected chi connectivity index (χ3v) is 5.30. The minimum Gasteiger partial charge on any atom is -0.339 e. The molecule has 1 fully saturated rings. The highest BCUT2D eigenvalue weighted by Crippen LogP contribution is 2.24. The first-order valence-corrected chi connectivity index (χ1v) is 9.60. The van der Waals surface area contributed by atoms with Crippen molar-refractivity contribution in [2.24, 2.45) is 0 Å². The first-order chi connectivity index (χ1) is 11.5. The second kappa shape index (κ2) is 9.21. The minimum atomic E-state index is -0.0561. The van der Waals surface area contributed by atoms with Gasteiger partial charge in [-0.3, -0.25) is 9.59 Å². The Hall–Kier alpha value is -1.36. The summed E-state index contributed by atoms with van der Waals surface area (Å²) in [6.45, 7) is 4.11. The first-order valence-electron chi connectivity index (χ1n) is 8.80. The minimum absolute atomic E-state index is 0.0561. The topological polar surface area (TPSA) is 49.4 Å². The van der Waals surface area contributed by atoms with Gasteiger partial charge in [0.25, 0.3) is 0 Å². The smallest absolute Gasteiger partial charge is 0.226 e. The average Bonchev–Trinajstić information content (AvgIpc) is 2.79. The number of amides is 2. The molecule has 0 atom stereocenters. The van der Waals surface area contributed by atoms with Gasteiger partial charge in [-0.2, -0.15) is 0 Å². The molecule has 0 spiro atoms. The number of nitrogens with zero attached hydrogens (tertiary/aromatic N) is 1. The van der Waals surface area contributed by atoms with Crippen molar-refractivity contribution in [1.29, 1.82) is 0 Å². The molecule has 5 heteroatoms. The molecule has 1 saturated carbocycles. The van der Waals surface area contributed by atoms with E-state index < -0.39 is 0 Å². The molecule has 4 nitrogen and oxygen atoms in total. The molecular weight excluding hydrogens is 368 g/mol. The number of hydrogen-bond acceptors (Lipinski definition) is 2. The number of carbonyl (C=O) groups is 2. The predicted octanol–water partition coefficient (Wildman–Crippen LogP) is 4.66. The molecule has 2 amide bonds. The molecule has 0 heterocycles. The summed E-state index contributed by atoms with van der Waals surface area (Å²) in [5, 5.41) is 2.92. The van der Waals surface area contributed by atoms with Gasteiger partial charge in [0.05, 0.1) is 5.69 Å². The van der Waals surface area contributed by atoms with E-state index in [1.165, 1.54) is 25.7 Å². The van der Waals surface area contributed by atoms with E-state index >= 15 is 0 Å². The zero-order chi connectivity index (χ0) is 17.5. The van der Waals surface area contributed by atoms with Crippen molar-refractivity contribution in [1.82, 2.24) is 4.90 Å². The van der Waals surface area contributed by atoms with Crippen molar-refractivity contribution >= 4 is 33.4 Å². The van der Waals surface area contributed by atoms with Gasteiger partial charge >= 0.3 is 0 Å². The van der Waals surface area contributed by atoms with Crippen LogP contribution in [0.4, 0.5) is 5.69 Å². The lowest BCUT2D eigenvalue weighted by Gasteiger charge is -2.30. The van der Waals surface area contributed by atoms with E-state index in [1.54, 1.807) is 6.92 Å². The number of anilines is 1. The Bertz CT molecular complexity index is 581. The lowest BCUT2D eigenvalue weighted by molar-refractivity contribution is -0.131. The van der Waals surface area contributed by atoms with Crippen molar-refractivity contribution in [3.05, 3.63) is 28.2 Å². The Morgan fingerprint density at radius 2 is 1.88 bits per heavy atom. The number of rotatable bonds is 5. The number of nitrogens with one attached hydrogen (secondary N) is 1. The molecular formula is C19H27BrN2O2. The normalized spacial score (nSPS) is 15.6. The van der Waals surface area contributed by atoms with Crippen molar-refractivity contribution < 1.29 is 9.59 Å². The van der Waals surface area contributed by atoms with Crippen LogP contribution in [0.1, 0.15) is 57.4 Å². The zero-order valence-corrected chi connectivity index (χ0v) is 16.2. The van der Waals surface area contributed by atoms with E-state index in [9.17, 15) is 9.59 Å². The number of halogens is 1. The summed E-state index contributed by atoms with van der Waals surface area (Å²) in [6, 6.07) is 6.13. The van der Waals surface area contributed by atoms with E-state index in [1.807, 2.05) is 30.0 Å². The molecule has 1 aliphatic carbocycles. The van der Waals surface area contributed by atoms with Crippen LogP contribution in [0, 0.1) is 6.92 Å². The molecule has 0 unspecified atom stereocenters. The van der Waals surface area contributed by atoms with E-state index in [2.05, 4.69) is 21.2 Å². The van der Waals surface area contributed by atoms with Gasteiger partial charge in [0.2, 0.25) is 11.8 Å². The highest BCUT2D eigenvalue weighted by atomic mass is 79.9. The molecule has 24 heavy (non-hydrogen) atoms. The molecule has 1 aromatic rings. The van der Waals surface area contributed by atoms with E-state index in [0.29, 0.717) is 19.0 Å². The highest BCUT2D eigenvalue weighted by Gasteiger charge is 2.22. The number of hydrogen-bond donors (Lipinski definition) is 1. The van der Waals surface area contributed by atoms with Crippen molar-refractivity contribution in [3.63, 3.8) is 0 Å². The van der Waals surface area contributed by atoms with Crippen LogP contribution in [0.15, 0.2) is 22.7 Å². The lowest BCUT2D eigenvalue weighted by Crippen LogP contribution is -2.40. The summed E-state index contributed by atoms with van der Waals surface area (Å²) in [6.07, 6.45) is 7.31. The number of carbonyl (C=O) groups excluding carboxylic acids is 2. The van der Waals surface area contributed by atoms with Gasteiger partial charge in [0, 0.05) is 30.4 Å². The fourth-order valence-electron chi connectivity index (χ4n) is 3.32. The van der Waals surface area contributed by atoms with Crippen molar-refractivity contribution in [2.45, 2.75) is 64.8 Å². The molecule has 1 aromatic carbocycles. The maximum Gasteiger partial charge on any atom is 0.226 e. The highest BCUT2D eigenvalue weighted by molar-refractivity contribution is 9.10. The number of aryl methyl sites for hydroxylation is 1. The third-order valence-electron chi connectivity index (χ3n) is 4.65. The second-order valence-electron chi connectivity index (χ2n) is 6.64. The van der Waals surface area contributed by atoms with Gasteiger partial charge in [0.1, 0.15) is 0 Å². The molecule has 0 saturated heterocycles. The molecule has 0 aliphatic heterocycles. The van der Waals surface area contributed by atoms with Crippen LogP contribution >= 0.6 is 15.9 Å². The first kappa shape index (κ1) is 19.0. The van der Waals surface area contributed by atoms with Crippen LogP contribution in [0.25, 0.3) is 0 Å². The monoisotopic (exact) mass is 394 g/mol. The Labute approximate surface area is 153 Å². The fourth-order valence-corrected chi connectivity index (χ4v) is 3.92. The lowest BCUT2D eigenvalue weighted by atomic mass is 10.1. The fraction of sp³-hybridized carbons (Fsp3) is 0.579. The molecule has 1 N–H and O–H groups in total. The van der Waals surface area contributed by atoms with Crippen LogP contribution in [-0.4, -0.2) is 29.3 Å². The second-order valence-corrected chi connectivity index (χ2v) is 7.49. The summed E-state index contributed by atoms with van der Waals surface area (Å²) in [7, 11) is 0. The predicted molar refractivity (Wildman–Crippen MR) is 101 cm³/mol. The molecule has 1 aliphatic rings. The zero-order valence-electron chi connectivity index (χ0n) is 14.6. The molecule has 0 aromatic heterocycles. The average molecular weight is 395 g/mol. The standard InChI is InChI=1S/C19H27BrN2O2/c1-14-9-10-18(17(20)13-14)21-19(24)11-12-22(15(2)23)16-7-5-3-4-6-8-16/h9-10,13,16H,3-8,11-12H2,1-2H3,(H,21,24). The van der Waals surface area contributed by atoms with E-state index in [4.69, 9.17) is 0 Å². The maximum absolute atomic E-state index is 12.3. The van der Waals surface area contributed by atoms with Crippen LogP contribution in [0.3, 0.4) is 0 Å². The number of benzene rings is 1. The SMILES string of the molecule is CC(=O)N(CCC(=O)Nc1ccc(C)cc1Br)C1CCCCCC1. The van der Waals surface area contributed by atoms with Crippen molar-refractivity contribution in [3.8, 4) is 0 Å². The van der Waals surface area contributed by atoms with Crippen LogP contribution in [-0.2, 0) is 9.59 Å². The van der Waals surface area contributed by atoms with Gasteiger partial charge < -0.3 is 10.2 Å². The summed E-state index contributed by atoms with van der Waals surface area (Å²) in [4.78, 5) is 26.2. The molecule has 132 valence electrons. The molecule has 0 radical (unpaired) electrons. The Morgan fingerprint density at radius 1 is 1.21 bits per heavy atom. The Balaban J connectivity index is 1.91. The van der Waals surface area contributed by atoms with Gasteiger partial charge in [-0.25, -0.2) is 0 Å². The Kier molecular flexibility index (Phi) is 7.28. The summed E-state index contributed by atoms with van der Waals surface area (Å²) in [5.74, 6) is 0.0191. The van der Waals surface area contributed by atoms with Gasteiger partial charge in [-0.05, 0) is 53.4 Å². The van der Waals surface area contributed by atoms with Crippen LogP contribution < -0.4 is 5.32 Å². The van der Waals surface area contributed by atoms with E-state index in [0.717, 1.165) is 28.6 Å². The molecule has 0 bridgehead atoms. The molecule has 2 rings (SSSR count). The van der Waals surface area contributed by atoms with Gasteiger partial charge in [-0.15, -0.1) is 0 Å². The van der Waals surface area contributed by atoms with Crippen LogP contribution in [0.5, 0.6) is 0 Å². The quantitative estimate of drug-likeness (QED) is 0.738. The van der Waals surface area contributed by atoms with Gasteiger partial charge in [-0.1, -0.05) is 31.7 Å². The van der Waals surface area contributed by atoms with E-state index in [-0.39, 0.29) is 11.8 Å². The third kappa shape index (κ3) is 5.62. The van der Waals surface area contributed by atoms with Gasteiger partial charge in [0.15, 0.2) is 0 Å². The maximum atomic E-state index is 12.3. The summed E-state index contributed by atoms with van der Waals surface area (Å²) >= 11 is 3.47. The largest absolute Gasteiger partial charge is 0.339 e. The van der Waals surface area contributed by atoms with Crippen LogP contribution in [0.2, 0.25) is 0 Å². The summed E-state index contributed by atoms with van der Waals surface area (Å²) in [5.41, 5.74) is 1.91. The Morgan fingerprint density at radius 3 is 2.46 bits per heavy atom. The summed E-state index contributed by atoms with van der Waals surface area (Å²) < 4.78 is 0.878. The van der Waals surface area contributed by atoms with Crippen molar-refractivity contribution in [2.75, 3.05) is 11.9 Å².